The van der Waals surface area contributed by atoms with Gasteiger partial charge in [-0.25, -0.2) is 9.37 Å². The zero-order chi connectivity index (χ0) is 16.1. The lowest BCUT2D eigenvalue weighted by molar-refractivity contribution is 0.309. The molecule has 0 unspecified atom stereocenters. The molecule has 3 aromatic rings. The van der Waals surface area contributed by atoms with Crippen molar-refractivity contribution in [1.29, 1.82) is 0 Å². The molecule has 0 saturated heterocycles. The van der Waals surface area contributed by atoms with Gasteiger partial charge in [0.25, 0.3) is 0 Å². The Morgan fingerprint density at radius 1 is 1.00 bits per heavy atom. The maximum atomic E-state index is 13.5. The molecule has 23 heavy (non-hydrogen) atoms. The Kier molecular flexibility index (Phi) is 4.86. The van der Waals surface area contributed by atoms with Crippen LogP contribution in [0, 0.1) is 5.82 Å². The highest BCUT2D eigenvalue weighted by Gasteiger charge is 2.09. The van der Waals surface area contributed by atoms with Gasteiger partial charge < -0.3 is 4.74 Å². The van der Waals surface area contributed by atoms with Gasteiger partial charge in [-0.15, -0.1) is 0 Å². The number of aromatic nitrogens is 1. The van der Waals surface area contributed by atoms with Crippen molar-refractivity contribution in [2.75, 3.05) is 6.61 Å². The van der Waals surface area contributed by atoms with Crippen LogP contribution < -0.4 is 4.74 Å². The number of ether oxygens (including phenoxy) is 1. The van der Waals surface area contributed by atoms with Crippen LogP contribution in [-0.2, 0) is 0 Å². The highest BCUT2D eigenvalue weighted by Crippen LogP contribution is 2.30. The third-order valence-corrected chi connectivity index (χ3v) is 3.80. The van der Waals surface area contributed by atoms with E-state index in [0.717, 1.165) is 47.2 Å². The van der Waals surface area contributed by atoms with Gasteiger partial charge in [-0.3, -0.25) is 0 Å². The standard InChI is InChI=1S/C20H20FNO/c1-2-3-6-12-23-20-14-19(15-8-7-9-16(21)13-15)22-18-11-5-4-10-17(18)20/h4-5,7-11,13-14H,2-3,6,12H2,1H3. The predicted octanol–water partition coefficient (Wildman–Crippen LogP) is 5.61. The molecule has 118 valence electrons. The second kappa shape index (κ2) is 7.23. The number of fused-ring (bicyclic) bond motifs is 1. The van der Waals surface area contributed by atoms with E-state index in [-0.39, 0.29) is 5.82 Å². The van der Waals surface area contributed by atoms with Gasteiger partial charge in [-0.1, -0.05) is 44.0 Å². The lowest BCUT2D eigenvalue weighted by Gasteiger charge is -2.11. The largest absolute Gasteiger partial charge is 0.493 e. The van der Waals surface area contributed by atoms with E-state index < -0.39 is 0 Å². The molecule has 3 heteroatoms. The number of nitrogens with zero attached hydrogens (tertiary/aromatic N) is 1. The molecule has 0 spiro atoms. The first-order valence-corrected chi connectivity index (χ1v) is 8.06. The van der Waals surface area contributed by atoms with Crippen molar-refractivity contribution in [3.8, 4) is 17.0 Å². The van der Waals surface area contributed by atoms with Crippen LogP contribution in [-0.4, -0.2) is 11.6 Å². The minimum absolute atomic E-state index is 0.261. The van der Waals surface area contributed by atoms with Crippen LogP contribution in [0.3, 0.4) is 0 Å². The fraction of sp³-hybridized carbons (Fsp3) is 0.250. The zero-order valence-electron chi connectivity index (χ0n) is 13.3. The van der Waals surface area contributed by atoms with E-state index in [0.29, 0.717) is 6.61 Å². The summed E-state index contributed by atoms with van der Waals surface area (Å²) in [5, 5.41) is 0.990. The van der Waals surface area contributed by atoms with Gasteiger partial charge in [0, 0.05) is 17.0 Å². The van der Waals surface area contributed by atoms with Crippen LogP contribution >= 0.6 is 0 Å². The van der Waals surface area contributed by atoms with Crippen LogP contribution in [0.15, 0.2) is 54.6 Å². The molecule has 0 amide bonds. The summed E-state index contributed by atoms with van der Waals surface area (Å²) in [6, 6.07) is 16.3. The van der Waals surface area contributed by atoms with Crippen molar-refractivity contribution < 1.29 is 9.13 Å². The molecule has 1 heterocycles. The Labute approximate surface area is 135 Å². The molecule has 1 aromatic heterocycles. The predicted molar refractivity (Wildman–Crippen MR) is 92.2 cm³/mol. The van der Waals surface area contributed by atoms with Crippen LogP contribution in [0.25, 0.3) is 22.2 Å². The number of rotatable bonds is 6. The zero-order valence-corrected chi connectivity index (χ0v) is 13.3. The SMILES string of the molecule is CCCCCOc1cc(-c2cccc(F)c2)nc2ccccc12. The number of hydrogen-bond acceptors (Lipinski definition) is 2. The van der Waals surface area contributed by atoms with Crippen molar-refractivity contribution in [3.63, 3.8) is 0 Å². The number of pyridine rings is 1. The molecule has 0 radical (unpaired) electrons. The van der Waals surface area contributed by atoms with Crippen molar-refractivity contribution in [2.24, 2.45) is 0 Å². The van der Waals surface area contributed by atoms with Gasteiger partial charge in [-0.05, 0) is 30.7 Å². The molecule has 0 saturated carbocycles. The van der Waals surface area contributed by atoms with Gasteiger partial charge in [-0.2, -0.15) is 0 Å². The van der Waals surface area contributed by atoms with Crippen LogP contribution in [0.1, 0.15) is 26.2 Å². The van der Waals surface area contributed by atoms with Crippen molar-refractivity contribution in [1.82, 2.24) is 4.98 Å². The summed E-state index contributed by atoms with van der Waals surface area (Å²) in [6.45, 7) is 2.86. The van der Waals surface area contributed by atoms with E-state index in [1.54, 1.807) is 6.07 Å². The third kappa shape index (κ3) is 3.67. The molecule has 0 aliphatic carbocycles. The quantitative estimate of drug-likeness (QED) is 0.552. The summed E-state index contributed by atoms with van der Waals surface area (Å²) >= 11 is 0. The maximum absolute atomic E-state index is 13.5. The van der Waals surface area contributed by atoms with Crippen molar-refractivity contribution >= 4 is 10.9 Å². The second-order valence-corrected chi connectivity index (χ2v) is 5.59. The Morgan fingerprint density at radius 2 is 1.87 bits per heavy atom. The van der Waals surface area contributed by atoms with Gasteiger partial charge in [0.1, 0.15) is 11.6 Å². The maximum Gasteiger partial charge on any atom is 0.130 e. The van der Waals surface area contributed by atoms with Crippen LogP contribution in [0.5, 0.6) is 5.75 Å². The van der Waals surface area contributed by atoms with E-state index in [1.165, 1.54) is 12.1 Å². The average Bonchev–Trinajstić information content (AvgIpc) is 2.58. The van der Waals surface area contributed by atoms with E-state index >= 15 is 0 Å². The second-order valence-electron chi connectivity index (χ2n) is 5.59. The lowest BCUT2D eigenvalue weighted by Crippen LogP contribution is -1.99. The van der Waals surface area contributed by atoms with Gasteiger partial charge in [0.15, 0.2) is 0 Å². The molecule has 3 rings (SSSR count). The molecule has 0 N–H and O–H groups in total. The smallest absolute Gasteiger partial charge is 0.130 e. The van der Waals surface area contributed by atoms with Gasteiger partial charge in [0.2, 0.25) is 0 Å². The fourth-order valence-corrected chi connectivity index (χ4v) is 2.59. The van der Waals surface area contributed by atoms with E-state index in [1.807, 2.05) is 36.4 Å². The Hall–Kier alpha value is -2.42. The summed E-state index contributed by atoms with van der Waals surface area (Å²) in [6.07, 6.45) is 3.34. The Balaban J connectivity index is 1.99. The van der Waals surface area contributed by atoms with Crippen LogP contribution in [0.4, 0.5) is 4.39 Å². The topological polar surface area (TPSA) is 22.1 Å². The normalized spacial score (nSPS) is 10.9. The minimum Gasteiger partial charge on any atom is -0.493 e. The monoisotopic (exact) mass is 309 g/mol. The molecule has 0 bridgehead atoms. The summed E-state index contributed by atoms with van der Waals surface area (Å²) in [5.41, 5.74) is 2.35. The van der Waals surface area contributed by atoms with Crippen LogP contribution in [0.2, 0.25) is 0 Å². The highest BCUT2D eigenvalue weighted by molar-refractivity contribution is 5.87. The first kappa shape index (κ1) is 15.5. The summed E-state index contributed by atoms with van der Waals surface area (Å²) < 4.78 is 19.5. The molecule has 0 fully saturated rings. The molecule has 0 aliphatic rings. The number of hydrogen-bond donors (Lipinski definition) is 0. The number of halogens is 1. The van der Waals surface area contributed by atoms with Crippen molar-refractivity contribution in [3.05, 3.63) is 60.4 Å². The first-order chi connectivity index (χ1) is 11.3. The molecular formula is C20H20FNO. The molecule has 2 aromatic carbocycles. The van der Waals surface area contributed by atoms with Crippen molar-refractivity contribution in [2.45, 2.75) is 26.2 Å². The highest BCUT2D eigenvalue weighted by atomic mass is 19.1. The number of para-hydroxylation sites is 1. The Morgan fingerprint density at radius 3 is 2.70 bits per heavy atom. The summed E-state index contributed by atoms with van der Waals surface area (Å²) in [5.74, 6) is 0.550. The Bertz CT molecular complexity index is 801. The van der Waals surface area contributed by atoms with E-state index in [4.69, 9.17) is 4.74 Å². The molecule has 0 atom stereocenters. The van der Waals surface area contributed by atoms with E-state index in [9.17, 15) is 4.39 Å². The number of benzene rings is 2. The lowest BCUT2D eigenvalue weighted by atomic mass is 10.1. The van der Waals surface area contributed by atoms with Gasteiger partial charge >= 0.3 is 0 Å². The van der Waals surface area contributed by atoms with E-state index in [2.05, 4.69) is 11.9 Å². The summed E-state index contributed by atoms with van der Waals surface area (Å²) in [7, 11) is 0. The molecular weight excluding hydrogens is 289 g/mol. The summed E-state index contributed by atoms with van der Waals surface area (Å²) in [4.78, 5) is 4.64. The van der Waals surface area contributed by atoms with Gasteiger partial charge in [0.05, 0.1) is 17.8 Å². The average molecular weight is 309 g/mol. The molecule has 0 aliphatic heterocycles. The third-order valence-electron chi connectivity index (χ3n) is 3.80. The first-order valence-electron chi connectivity index (χ1n) is 8.06. The molecule has 2 nitrogen and oxygen atoms in total. The minimum atomic E-state index is -0.261. The number of unbranched alkanes of at least 4 members (excludes halogenated alkanes) is 2. The fourth-order valence-electron chi connectivity index (χ4n) is 2.59.